The van der Waals surface area contributed by atoms with Crippen LogP contribution in [0, 0.1) is 0 Å². The van der Waals surface area contributed by atoms with Crippen LogP contribution in [-0.4, -0.2) is 56.8 Å². The fraction of sp³-hybridized carbons (Fsp3) is 0.300. The molecule has 0 saturated carbocycles. The van der Waals surface area contributed by atoms with Crippen molar-refractivity contribution >= 4 is 11.9 Å². The van der Waals surface area contributed by atoms with Crippen molar-refractivity contribution in [1.29, 1.82) is 0 Å². The Morgan fingerprint density at radius 3 is 1.29 bits per heavy atom. The Kier molecular flexibility index (Phi) is 6.97. The number of para-hydroxylation sites is 2. The van der Waals surface area contributed by atoms with Crippen molar-refractivity contribution in [3.8, 4) is 11.5 Å². The Labute approximate surface area is 161 Å². The molecule has 0 saturated heterocycles. The van der Waals surface area contributed by atoms with Crippen LogP contribution in [0.25, 0.3) is 0 Å². The van der Waals surface area contributed by atoms with Crippen LogP contribution < -0.4 is 9.47 Å². The van der Waals surface area contributed by atoms with E-state index < -0.39 is 36.0 Å². The van der Waals surface area contributed by atoms with Crippen LogP contribution in [0.1, 0.15) is 12.8 Å². The van der Waals surface area contributed by atoms with Gasteiger partial charge in [-0.1, -0.05) is 36.4 Å². The molecule has 0 unspecified atom stereocenters. The van der Waals surface area contributed by atoms with E-state index >= 15 is 0 Å². The Morgan fingerprint density at radius 2 is 1.00 bits per heavy atom. The van der Waals surface area contributed by atoms with Gasteiger partial charge in [-0.05, 0) is 24.3 Å². The Bertz CT molecular complexity index is 712. The van der Waals surface area contributed by atoms with Crippen molar-refractivity contribution in [1.82, 2.24) is 0 Å². The second-order valence-electron chi connectivity index (χ2n) is 6.15. The van der Waals surface area contributed by atoms with Gasteiger partial charge in [-0.3, -0.25) is 0 Å². The second kappa shape index (κ2) is 9.20. The normalized spacial score (nSPS) is 15.1. The third-order valence-corrected chi connectivity index (χ3v) is 4.34. The lowest BCUT2D eigenvalue weighted by Crippen LogP contribution is -2.64. The van der Waals surface area contributed by atoms with Crippen LogP contribution in [0.4, 0.5) is 0 Å². The molecular formula is C20H22O8. The van der Waals surface area contributed by atoms with E-state index in [1.54, 1.807) is 60.7 Å². The predicted octanol–water partition coefficient (Wildman–Crippen LogP) is 1.56. The Hall–Kier alpha value is -3.10. The molecule has 0 aromatic heterocycles. The molecule has 0 bridgehead atoms. The van der Waals surface area contributed by atoms with Gasteiger partial charge in [-0.15, -0.1) is 0 Å². The molecule has 0 heterocycles. The van der Waals surface area contributed by atoms with Crippen LogP contribution in [0.2, 0.25) is 0 Å². The average Bonchev–Trinajstić information content (AvgIpc) is 2.69. The number of rotatable bonds is 11. The quantitative estimate of drug-likeness (QED) is 0.454. The highest BCUT2D eigenvalue weighted by atomic mass is 16.5. The van der Waals surface area contributed by atoms with Crippen LogP contribution in [0.5, 0.6) is 11.5 Å². The van der Waals surface area contributed by atoms with Gasteiger partial charge in [0, 0.05) is 12.8 Å². The summed E-state index contributed by atoms with van der Waals surface area (Å²) < 4.78 is 10.7. The third kappa shape index (κ3) is 4.79. The highest BCUT2D eigenvalue weighted by Gasteiger charge is 2.60. The fourth-order valence-electron chi connectivity index (χ4n) is 2.65. The summed E-state index contributed by atoms with van der Waals surface area (Å²) in [5.41, 5.74) is -5.96. The minimum Gasteiger partial charge on any atom is -0.493 e. The van der Waals surface area contributed by atoms with Crippen molar-refractivity contribution in [2.24, 2.45) is 0 Å². The van der Waals surface area contributed by atoms with Gasteiger partial charge in [0.05, 0.1) is 13.2 Å². The summed E-state index contributed by atoms with van der Waals surface area (Å²) in [6.45, 7) is -0.635. The summed E-state index contributed by atoms with van der Waals surface area (Å²) in [4.78, 5) is 23.4. The molecule has 28 heavy (non-hydrogen) atoms. The number of aliphatic carboxylic acids is 2. The molecule has 0 aliphatic carbocycles. The standard InChI is InChI=1S/C20H22O8/c21-17(22)19(25,11-13-27-15-7-3-1-4-8-15)20(26,18(23)24)12-14-28-16-9-5-2-6-10-16/h1-10,25-26H,11-14H2,(H,21,22)(H,23,24)/t19-,20-/m0/s1. The molecule has 0 radical (unpaired) electrons. The van der Waals surface area contributed by atoms with Gasteiger partial charge in [-0.25, -0.2) is 9.59 Å². The molecule has 0 aliphatic heterocycles. The Balaban J connectivity index is 2.09. The number of hydrogen-bond acceptors (Lipinski definition) is 6. The van der Waals surface area contributed by atoms with E-state index in [2.05, 4.69) is 0 Å². The number of carboxylic acids is 2. The highest BCUT2D eigenvalue weighted by molar-refractivity contribution is 5.90. The van der Waals surface area contributed by atoms with Crippen LogP contribution >= 0.6 is 0 Å². The predicted molar refractivity (Wildman–Crippen MR) is 98.3 cm³/mol. The zero-order chi connectivity index (χ0) is 20.6. The van der Waals surface area contributed by atoms with Crippen molar-refractivity contribution in [2.75, 3.05) is 13.2 Å². The zero-order valence-corrected chi connectivity index (χ0v) is 15.0. The van der Waals surface area contributed by atoms with Gasteiger partial charge in [0.25, 0.3) is 0 Å². The molecule has 2 aromatic rings. The summed E-state index contributed by atoms with van der Waals surface area (Å²) in [5.74, 6) is -2.90. The monoisotopic (exact) mass is 390 g/mol. The minimum atomic E-state index is -2.98. The number of hydrogen-bond donors (Lipinski definition) is 4. The molecule has 8 nitrogen and oxygen atoms in total. The lowest BCUT2D eigenvalue weighted by atomic mass is 9.78. The number of carboxylic acid groups (broad SMARTS) is 2. The molecule has 0 amide bonds. The number of carbonyl (C=O) groups is 2. The van der Waals surface area contributed by atoms with Gasteiger partial charge in [0.1, 0.15) is 11.5 Å². The molecule has 0 fully saturated rings. The minimum absolute atomic E-state index is 0.318. The second-order valence-corrected chi connectivity index (χ2v) is 6.15. The molecule has 2 atom stereocenters. The molecule has 0 aliphatic rings. The van der Waals surface area contributed by atoms with Gasteiger partial charge >= 0.3 is 11.9 Å². The van der Waals surface area contributed by atoms with Crippen LogP contribution in [0.15, 0.2) is 60.7 Å². The van der Waals surface area contributed by atoms with E-state index in [0.29, 0.717) is 11.5 Å². The summed E-state index contributed by atoms with van der Waals surface area (Å²) in [6, 6.07) is 16.8. The largest absolute Gasteiger partial charge is 0.493 e. The molecule has 150 valence electrons. The summed E-state index contributed by atoms with van der Waals surface area (Å²) >= 11 is 0. The third-order valence-electron chi connectivity index (χ3n) is 4.34. The highest BCUT2D eigenvalue weighted by Crippen LogP contribution is 2.31. The summed E-state index contributed by atoms with van der Waals surface area (Å²) in [6.07, 6.45) is -1.29. The maximum absolute atomic E-state index is 11.7. The SMILES string of the molecule is O=C(O)[C@@](O)(CCOc1ccccc1)[C@](O)(CCOc1ccccc1)C(=O)O. The van der Waals surface area contributed by atoms with Gasteiger partial charge < -0.3 is 29.9 Å². The van der Waals surface area contributed by atoms with Gasteiger partial charge in [-0.2, -0.15) is 0 Å². The zero-order valence-electron chi connectivity index (χ0n) is 15.0. The maximum Gasteiger partial charge on any atom is 0.339 e. The van der Waals surface area contributed by atoms with Crippen molar-refractivity contribution < 1.29 is 39.5 Å². The number of benzene rings is 2. The molecule has 0 spiro atoms. The first-order valence-electron chi connectivity index (χ1n) is 8.57. The average molecular weight is 390 g/mol. The molecule has 8 heteroatoms. The summed E-state index contributed by atoms with van der Waals surface area (Å²) in [5, 5.41) is 40.1. The number of ether oxygens (including phenoxy) is 2. The van der Waals surface area contributed by atoms with Crippen molar-refractivity contribution in [2.45, 2.75) is 24.0 Å². The van der Waals surface area contributed by atoms with E-state index in [9.17, 15) is 30.0 Å². The van der Waals surface area contributed by atoms with E-state index in [-0.39, 0.29) is 13.2 Å². The van der Waals surface area contributed by atoms with Crippen molar-refractivity contribution in [3.05, 3.63) is 60.7 Å². The van der Waals surface area contributed by atoms with E-state index in [4.69, 9.17) is 9.47 Å². The van der Waals surface area contributed by atoms with Crippen LogP contribution in [0.3, 0.4) is 0 Å². The molecular weight excluding hydrogens is 368 g/mol. The smallest absolute Gasteiger partial charge is 0.339 e. The first kappa shape index (κ1) is 21.2. The number of aliphatic hydroxyl groups is 2. The van der Waals surface area contributed by atoms with Gasteiger partial charge in [0.15, 0.2) is 0 Å². The summed E-state index contributed by atoms with van der Waals surface area (Å²) in [7, 11) is 0. The molecule has 2 rings (SSSR count). The molecule has 4 N–H and O–H groups in total. The topological polar surface area (TPSA) is 134 Å². The van der Waals surface area contributed by atoms with Crippen molar-refractivity contribution in [3.63, 3.8) is 0 Å². The van der Waals surface area contributed by atoms with E-state index in [1.165, 1.54) is 0 Å². The lowest BCUT2D eigenvalue weighted by molar-refractivity contribution is -0.211. The fourth-order valence-corrected chi connectivity index (χ4v) is 2.65. The Morgan fingerprint density at radius 1 is 0.679 bits per heavy atom. The van der Waals surface area contributed by atoms with Crippen LogP contribution in [-0.2, 0) is 9.59 Å². The lowest BCUT2D eigenvalue weighted by Gasteiger charge is -2.37. The van der Waals surface area contributed by atoms with E-state index in [1.807, 2.05) is 0 Å². The maximum atomic E-state index is 11.7. The first-order chi connectivity index (χ1) is 13.3. The van der Waals surface area contributed by atoms with E-state index in [0.717, 1.165) is 0 Å². The molecule has 2 aromatic carbocycles. The first-order valence-corrected chi connectivity index (χ1v) is 8.57. The van der Waals surface area contributed by atoms with Gasteiger partial charge in [0.2, 0.25) is 11.2 Å².